The molecular formula is C17H22N4O2S. The number of aliphatic hydroxyl groups is 1. The molecule has 1 aliphatic rings. The molecule has 7 heteroatoms. The van der Waals surface area contributed by atoms with Crippen LogP contribution in [0.5, 0.6) is 0 Å². The molecule has 2 heterocycles. The Labute approximate surface area is 145 Å². The van der Waals surface area contributed by atoms with Crippen molar-refractivity contribution < 1.29 is 9.90 Å². The lowest BCUT2D eigenvalue weighted by molar-refractivity contribution is 0.0598. The molecule has 2 atom stereocenters. The van der Waals surface area contributed by atoms with Gasteiger partial charge in [0.15, 0.2) is 0 Å². The van der Waals surface area contributed by atoms with Crippen molar-refractivity contribution in [3.05, 3.63) is 40.3 Å². The summed E-state index contributed by atoms with van der Waals surface area (Å²) < 4.78 is 0. The number of anilines is 1. The molecular weight excluding hydrogens is 324 g/mol. The number of hydrogen-bond acceptors (Lipinski definition) is 6. The van der Waals surface area contributed by atoms with Crippen molar-refractivity contribution in [3.8, 4) is 0 Å². The van der Waals surface area contributed by atoms with Crippen LogP contribution in [0.1, 0.15) is 34.6 Å². The van der Waals surface area contributed by atoms with Gasteiger partial charge in [0.2, 0.25) is 5.01 Å². The number of aliphatic hydroxyl groups excluding tert-OH is 1. The van der Waals surface area contributed by atoms with Gasteiger partial charge in [-0.15, -0.1) is 10.2 Å². The monoisotopic (exact) mass is 346 g/mol. The normalized spacial score (nSPS) is 19.8. The molecule has 6 nitrogen and oxygen atoms in total. The highest BCUT2D eigenvalue weighted by atomic mass is 32.1. The van der Waals surface area contributed by atoms with Gasteiger partial charge in [0.05, 0.1) is 12.6 Å². The molecule has 0 unspecified atom stereocenters. The third-order valence-electron chi connectivity index (χ3n) is 4.28. The summed E-state index contributed by atoms with van der Waals surface area (Å²) in [6.45, 7) is 4.39. The van der Waals surface area contributed by atoms with E-state index in [9.17, 15) is 9.90 Å². The second-order valence-corrected chi connectivity index (χ2v) is 7.26. The standard InChI is InChI=1S/C17H22N4O2S/c1-12(22)13-6-5-9-21(10-13)11-15-19-20-17(24-15)16(23)18-14-7-3-2-4-8-14/h2-4,7-8,12-13,22H,5-6,9-11H2,1H3,(H,18,23)/t12-,13-/m1/s1. The van der Waals surface area contributed by atoms with Crippen molar-refractivity contribution in [2.45, 2.75) is 32.4 Å². The van der Waals surface area contributed by atoms with E-state index in [1.54, 1.807) is 0 Å². The van der Waals surface area contributed by atoms with Crippen molar-refractivity contribution in [1.82, 2.24) is 15.1 Å². The number of benzene rings is 1. The van der Waals surface area contributed by atoms with Gasteiger partial charge in [0.1, 0.15) is 5.01 Å². The van der Waals surface area contributed by atoms with E-state index >= 15 is 0 Å². The number of aromatic nitrogens is 2. The molecule has 0 bridgehead atoms. The van der Waals surface area contributed by atoms with E-state index in [1.807, 2.05) is 37.3 Å². The highest BCUT2D eigenvalue weighted by Gasteiger charge is 2.24. The predicted molar refractivity (Wildman–Crippen MR) is 94.0 cm³/mol. The number of piperidine rings is 1. The summed E-state index contributed by atoms with van der Waals surface area (Å²) >= 11 is 1.33. The average Bonchev–Trinajstić information content (AvgIpc) is 3.04. The lowest BCUT2D eigenvalue weighted by Gasteiger charge is -2.33. The Morgan fingerprint density at radius 2 is 2.21 bits per heavy atom. The second kappa shape index (κ2) is 7.83. The van der Waals surface area contributed by atoms with Gasteiger partial charge in [0.25, 0.3) is 5.91 Å². The minimum absolute atomic E-state index is 0.231. The number of nitrogens with one attached hydrogen (secondary N) is 1. The van der Waals surface area contributed by atoms with Crippen LogP contribution >= 0.6 is 11.3 Å². The Morgan fingerprint density at radius 1 is 1.42 bits per heavy atom. The Balaban J connectivity index is 1.58. The van der Waals surface area contributed by atoms with Gasteiger partial charge >= 0.3 is 0 Å². The lowest BCUT2D eigenvalue weighted by Crippen LogP contribution is -2.38. The van der Waals surface area contributed by atoms with Crippen molar-refractivity contribution in [2.24, 2.45) is 5.92 Å². The summed E-state index contributed by atoms with van der Waals surface area (Å²) in [5.74, 6) is 0.0815. The molecule has 1 aromatic heterocycles. The largest absolute Gasteiger partial charge is 0.393 e. The number of rotatable bonds is 5. The molecule has 1 aromatic carbocycles. The SMILES string of the molecule is C[C@@H](O)[C@@H]1CCCN(Cc2nnc(C(=O)Nc3ccccc3)s2)C1. The number of amides is 1. The first kappa shape index (κ1) is 17.0. The summed E-state index contributed by atoms with van der Waals surface area (Å²) in [5.41, 5.74) is 0.745. The maximum absolute atomic E-state index is 12.2. The van der Waals surface area contributed by atoms with Crippen molar-refractivity contribution >= 4 is 22.9 Å². The van der Waals surface area contributed by atoms with E-state index in [0.717, 1.165) is 36.6 Å². The molecule has 2 aromatic rings. The minimum Gasteiger partial charge on any atom is -0.393 e. The number of nitrogens with zero attached hydrogens (tertiary/aromatic N) is 3. The second-order valence-electron chi connectivity index (χ2n) is 6.20. The fourth-order valence-corrected chi connectivity index (χ4v) is 3.71. The summed E-state index contributed by atoms with van der Waals surface area (Å²) in [6, 6.07) is 9.32. The van der Waals surface area contributed by atoms with Gasteiger partial charge in [-0.05, 0) is 44.4 Å². The minimum atomic E-state index is -0.283. The average molecular weight is 346 g/mol. The highest BCUT2D eigenvalue weighted by Crippen LogP contribution is 2.22. The zero-order valence-electron chi connectivity index (χ0n) is 13.7. The van der Waals surface area contributed by atoms with Gasteiger partial charge in [0, 0.05) is 12.2 Å². The third kappa shape index (κ3) is 4.37. The topological polar surface area (TPSA) is 78.3 Å². The summed E-state index contributed by atoms with van der Waals surface area (Å²) in [6.07, 6.45) is 1.86. The first-order valence-electron chi connectivity index (χ1n) is 8.21. The van der Waals surface area contributed by atoms with Crippen LogP contribution in [0, 0.1) is 5.92 Å². The van der Waals surface area contributed by atoms with Gasteiger partial charge in [-0.3, -0.25) is 9.69 Å². The molecule has 24 heavy (non-hydrogen) atoms. The zero-order chi connectivity index (χ0) is 16.9. The van der Waals surface area contributed by atoms with Gasteiger partial charge in [-0.2, -0.15) is 0 Å². The number of likely N-dealkylation sites (tertiary alicyclic amines) is 1. The van der Waals surface area contributed by atoms with E-state index in [0.29, 0.717) is 17.5 Å². The maximum atomic E-state index is 12.2. The number of para-hydroxylation sites is 1. The fraction of sp³-hybridized carbons (Fsp3) is 0.471. The van der Waals surface area contributed by atoms with Crippen LogP contribution in [0.25, 0.3) is 0 Å². The molecule has 0 aliphatic carbocycles. The van der Waals surface area contributed by atoms with Crippen LogP contribution in [-0.4, -0.2) is 45.3 Å². The predicted octanol–water partition coefficient (Wildman–Crippen LogP) is 2.38. The Bertz CT molecular complexity index is 674. The van der Waals surface area contributed by atoms with Crippen LogP contribution in [0.4, 0.5) is 5.69 Å². The van der Waals surface area contributed by atoms with E-state index in [1.165, 1.54) is 11.3 Å². The molecule has 0 radical (unpaired) electrons. The van der Waals surface area contributed by atoms with Gasteiger partial charge in [-0.1, -0.05) is 29.5 Å². The van der Waals surface area contributed by atoms with Crippen LogP contribution in [0.2, 0.25) is 0 Å². The van der Waals surface area contributed by atoms with E-state index in [2.05, 4.69) is 20.4 Å². The molecule has 1 fully saturated rings. The quantitative estimate of drug-likeness (QED) is 0.869. The molecule has 2 N–H and O–H groups in total. The molecule has 3 rings (SSSR count). The van der Waals surface area contributed by atoms with Crippen molar-refractivity contribution in [2.75, 3.05) is 18.4 Å². The zero-order valence-corrected chi connectivity index (χ0v) is 14.5. The summed E-state index contributed by atoms with van der Waals surface area (Å²) in [7, 11) is 0. The summed E-state index contributed by atoms with van der Waals surface area (Å²) in [5, 5.41) is 22.0. The van der Waals surface area contributed by atoms with Gasteiger partial charge < -0.3 is 10.4 Å². The third-order valence-corrected chi connectivity index (χ3v) is 5.18. The lowest BCUT2D eigenvalue weighted by atomic mass is 9.93. The van der Waals surface area contributed by atoms with Crippen LogP contribution < -0.4 is 5.32 Å². The van der Waals surface area contributed by atoms with Gasteiger partial charge in [-0.25, -0.2) is 0 Å². The van der Waals surface area contributed by atoms with Crippen LogP contribution in [-0.2, 0) is 6.54 Å². The highest BCUT2D eigenvalue weighted by molar-refractivity contribution is 7.13. The first-order valence-corrected chi connectivity index (χ1v) is 9.02. The number of carbonyl (C=O) groups is 1. The van der Waals surface area contributed by atoms with Crippen molar-refractivity contribution in [3.63, 3.8) is 0 Å². The number of carbonyl (C=O) groups excluding carboxylic acids is 1. The molecule has 1 amide bonds. The Hall–Kier alpha value is -1.83. The summed E-state index contributed by atoms with van der Waals surface area (Å²) in [4.78, 5) is 14.5. The molecule has 1 saturated heterocycles. The fourth-order valence-electron chi connectivity index (χ4n) is 2.94. The Morgan fingerprint density at radius 3 is 2.96 bits per heavy atom. The molecule has 0 saturated carbocycles. The molecule has 1 aliphatic heterocycles. The maximum Gasteiger partial charge on any atom is 0.286 e. The first-order chi connectivity index (χ1) is 11.6. The number of hydrogen-bond donors (Lipinski definition) is 2. The van der Waals surface area contributed by atoms with Crippen molar-refractivity contribution in [1.29, 1.82) is 0 Å². The van der Waals surface area contributed by atoms with Crippen LogP contribution in [0.3, 0.4) is 0 Å². The molecule has 0 spiro atoms. The van der Waals surface area contributed by atoms with Crippen LogP contribution in [0.15, 0.2) is 30.3 Å². The molecule has 128 valence electrons. The van der Waals surface area contributed by atoms with E-state index < -0.39 is 0 Å². The van der Waals surface area contributed by atoms with E-state index in [4.69, 9.17) is 0 Å². The smallest absolute Gasteiger partial charge is 0.286 e. The Kier molecular flexibility index (Phi) is 5.55. The van der Waals surface area contributed by atoms with E-state index in [-0.39, 0.29) is 12.0 Å².